The average Bonchev–Trinajstić information content (AvgIpc) is 2.82. The Kier molecular flexibility index (Phi) is 6.84. The maximum Gasteiger partial charge on any atom is 0.224 e. The van der Waals surface area contributed by atoms with Gasteiger partial charge in [-0.1, -0.05) is 30.3 Å². The summed E-state index contributed by atoms with van der Waals surface area (Å²) >= 11 is 0. The fourth-order valence-corrected chi connectivity index (χ4v) is 3.83. The van der Waals surface area contributed by atoms with Crippen molar-refractivity contribution in [2.24, 2.45) is 0 Å². The molecule has 2 fully saturated rings. The summed E-state index contributed by atoms with van der Waals surface area (Å²) in [5.74, 6) is 0.279. The molecule has 0 aliphatic carbocycles. The molecular weight excluding hydrogens is 314 g/mol. The molecule has 0 spiro atoms. The Morgan fingerprint density at radius 1 is 1.12 bits per heavy atom. The smallest absolute Gasteiger partial charge is 0.224 e. The standard InChI is InChI=1S/C20H31N3O2/c1-18-16-21(17-19-6-3-2-4-7-19)9-5-10-22(18)11-8-20(24)23-12-14-25-15-13-23/h2-4,6-7,18H,5,8-17H2,1H3/t18-/m1/s1. The molecular formula is C20H31N3O2. The number of hydrogen-bond donors (Lipinski definition) is 0. The van der Waals surface area contributed by atoms with Crippen LogP contribution in [0.25, 0.3) is 0 Å². The first kappa shape index (κ1) is 18.4. The number of rotatable bonds is 5. The number of nitrogens with zero attached hydrogens (tertiary/aromatic N) is 3. The molecule has 0 N–H and O–H groups in total. The van der Waals surface area contributed by atoms with E-state index in [4.69, 9.17) is 4.74 Å². The lowest BCUT2D eigenvalue weighted by Gasteiger charge is -2.31. The van der Waals surface area contributed by atoms with Gasteiger partial charge in [-0.3, -0.25) is 14.6 Å². The highest BCUT2D eigenvalue weighted by Gasteiger charge is 2.23. The lowest BCUT2D eigenvalue weighted by Crippen LogP contribution is -2.44. The van der Waals surface area contributed by atoms with Crippen LogP contribution in [0.5, 0.6) is 0 Å². The molecule has 2 aliphatic heterocycles. The van der Waals surface area contributed by atoms with Crippen molar-refractivity contribution in [2.45, 2.75) is 32.4 Å². The minimum absolute atomic E-state index is 0.279. The zero-order valence-electron chi connectivity index (χ0n) is 15.4. The first-order valence-electron chi connectivity index (χ1n) is 9.58. The zero-order valence-corrected chi connectivity index (χ0v) is 15.4. The third-order valence-electron chi connectivity index (χ3n) is 5.29. The van der Waals surface area contributed by atoms with E-state index in [1.807, 2.05) is 4.90 Å². The molecule has 5 nitrogen and oxygen atoms in total. The normalized spacial score (nSPS) is 23.4. The van der Waals surface area contributed by atoms with Crippen molar-refractivity contribution in [3.05, 3.63) is 35.9 Å². The van der Waals surface area contributed by atoms with E-state index in [9.17, 15) is 4.79 Å². The molecule has 2 heterocycles. The van der Waals surface area contributed by atoms with Crippen molar-refractivity contribution in [3.63, 3.8) is 0 Å². The van der Waals surface area contributed by atoms with E-state index in [1.165, 1.54) is 12.0 Å². The predicted molar refractivity (Wildman–Crippen MR) is 99.4 cm³/mol. The fourth-order valence-electron chi connectivity index (χ4n) is 3.83. The Labute approximate surface area is 151 Å². The topological polar surface area (TPSA) is 36.0 Å². The van der Waals surface area contributed by atoms with Gasteiger partial charge in [-0.2, -0.15) is 0 Å². The van der Waals surface area contributed by atoms with Crippen LogP contribution in [0, 0.1) is 0 Å². The number of carbonyl (C=O) groups is 1. The largest absolute Gasteiger partial charge is 0.378 e. The summed E-state index contributed by atoms with van der Waals surface area (Å²) in [6.07, 6.45) is 1.80. The molecule has 0 aromatic heterocycles. The van der Waals surface area contributed by atoms with Crippen molar-refractivity contribution in [2.75, 3.05) is 52.5 Å². The molecule has 1 aromatic carbocycles. The van der Waals surface area contributed by atoms with Gasteiger partial charge in [-0.15, -0.1) is 0 Å². The van der Waals surface area contributed by atoms with E-state index in [-0.39, 0.29) is 5.91 Å². The summed E-state index contributed by atoms with van der Waals surface area (Å²) in [4.78, 5) is 19.4. The summed E-state index contributed by atoms with van der Waals surface area (Å²) in [7, 11) is 0. The van der Waals surface area contributed by atoms with E-state index < -0.39 is 0 Å². The summed E-state index contributed by atoms with van der Waals surface area (Å²) in [5, 5.41) is 0. The van der Waals surface area contributed by atoms with E-state index in [2.05, 4.69) is 47.1 Å². The quantitative estimate of drug-likeness (QED) is 0.816. The Morgan fingerprint density at radius 2 is 1.88 bits per heavy atom. The molecule has 2 saturated heterocycles. The summed E-state index contributed by atoms with van der Waals surface area (Å²) < 4.78 is 5.33. The molecule has 0 saturated carbocycles. The minimum atomic E-state index is 0.279. The summed E-state index contributed by atoms with van der Waals surface area (Å²) in [6.45, 7) is 10.3. The van der Waals surface area contributed by atoms with Crippen LogP contribution in [0.3, 0.4) is 0 Å². The lowest BCUT2D eigenvalue weighted by molar-refractivity contribution is -0.135. The Hall–Kier alpha value is -1.43. The maximum absolute atomic E-state index is 12.4. The maximum atomic E-state index is 12.4. The van der Waals surface area contributed by atoms with Gasteiger partial charge in [0.05, 0.1) is 13.2 Å². The summed E-state index contributed by atoms with van der Waals surface area (Å²) in [6, 6.07) is 11.2. The van der Waals surface area contributed by atoms with Gasteiger partial charge < -0.3 is 9.64 Å². The molecule has 3 rings (SSSR count). The Morgan fingerprint density at radius 3 is 2.64 bits per heavy atom. The molecule has 1 amide bonds. The van der Waals surface area contributed by atoms with Gasteiger partial charge in [0.25, 0.3) is 0 Å². The van der Waals surface area contributed by atoms with Crippen LogP contribution in [0.15, 0.2) is 30.3 Å². The van der Waals surface area contributed by atoms with Crippen LogP contribution in [0.1, 0.15) is 25.3 Å². The van der Waals surface area contributed by atoms with Gasteiger partial charge >= 0.3 is 0 Å². The predicted octanol–water partition coefficient (Wildman–Crippen LogP) is 1.83. The average molecular weight is 345 g/mol. The third-order valence-corrected chi connectivity index (χ3v) is 5.29. The van der Waals surface area contributed by atoms with E-state index in [0.29, 0.717) is 25.7 Å². The van der Waals surface area contributed by atoms with Crippen LogP contribution in [-0.4, -0.2) is 79.1 Å². The number of hydrogen-bond acceptors (Lipinski definition) is 4. The molecule has 25 heavy (non-hydrogen) atoms. The highest BCUT2D eigenvalue weighted by atomic mass is 16.5. The first-order chi connectivity index (χ1) is 12.2. The van der Waals surface area contributed by atoms with Crippen molar-refractivity contribution in [1.29, 1.82) is 0 Å². The monoisotopic (exact) mass is 345 g/mol. The fraction of sp³-hybridized carbons (Fsp3) is 0.650. The van der Waals surface area contributed by atoms with Crippen LogP contribution in [-0.2, 0) is 16.1 Å². The third kappa shape index (κ3) is 5.53. The van der Waals surface area contributed by atoms with Crippen LogP contribution in [0.4, 0.5) is 0 Å². The number of benzene rings is 1. The van der Waals surface area contributed by atoms with E-state index in [0.717, 1.165) is 45.8 Å². The van der Waals surface area contributed by atoms with Crippen molar-refractivity contribution in [1.82, 2.24) is 14.7 Å². The SMILES string of the molecule is C[C@@H]1CN(Cc2ccccc2)CCCN1CCC(=O)N1CCOCC1. The van der Waals surface area contributed by atoms with Gasteiger partial charge in [-0.25, -0.2) is 0 Å². The van der Waals surface area contributed by atoms with Gasteiger partial charge in [0.15, 0.2) is 0 Å². The number of ether oxygens (including phenoxy) is 1. The van der Waals surface area contributed by atoms with Gasteiger partial charge in [-0.05, 0) is 32.0 Å². The van der Waals surface area contributed by atoms with E-state index >= 15 is 0 Å². The molecule has 0 unspecified atom stereocenters. The number of morpholine rings is 1. The van der Waals surface area contributed by atoms with Crippen molar-refractivity contribution >= 4 is 5.91 Å². The second-order valence-electron chi connectivity index (χ2n) is 7.20. The molecule has 138 valence electrons. The number of amides is 1. The summed E-state index contributed by atoms with van der Waals surface area (Å²) in [5.41, 5.74) is 1.38. The van der Waals surface area contributed by atoms with Crippen LogP contribution < -0.4 is 0 Å². The van der Waals surface area contributed by atoms with Gasteiger partial charge in [0, 0.05) is 45.2 Å². The number of carbonyl (C=O) groups excluding carboxylic acids is 1. The minimum Gasteiger partial charge on any atom is -0.378 e. The zero-order chi connectivity index (χ0) is 17.5. The second-order valence-corrected chi connectivity index (χ2v) is 7.20. The van der Waals surface area contributed by atoms with E-state index in [1.54, 1.807) is 0 Å². The Bertz CT molecular complexity index is 531. The van der Waals surface area contributed by atoms with Gasteiger partial charge in [0.2, 0.25) is 5.91 Å². The van der Waals surface area contributed by atoms with Gasteiger partial charge in [0.1, 0.15) is 0 Å². The molecule has 0 radical (unpaired) electrons. The van der Waals surface area contributed by atoms with Crippen molar-refractivity contribution < 1.29 is 9.53 Å². The molecule has 5 heteroatoms. The highest BCUT2D eigenvalue weighted by molar-refractivity contribution is 5.76. The first-order valence-corrected chi connectivity index (χ1v) is 9.58. The lowest BCUT2D eigenvalue weighted by atomic mass is 10.2. The van der Waals surface area contributed by atoms with Crippen molar-refractivity contribution in [3.8, 4) is 0 Å². The molecule has 1 aromatic rings. The molecule has 1 atom stereocenters. The second kappa shape index (κ2) is 9.32. The highest BCUT2D eigenvalue weighted by Crippen LogP contribution is 2.14. The van der Waals surface area contributed by atoms with Crippen LogP contribution in [0.2, 0.25) is 0 Å². The molecule has 2 aliphatic rings. The van der Waals surface area contributed by atoms with Crippen LogP contribution >= 0.6 is 0 Å². The Balaban J connectivity index is 1.46. The molecule has 0 bridgehead atoms.